The molecule has 1 aromatic carbocycles. The Bertz CT molecular complexity index is 1080. The number of aryl methyl sites for hydroxylation is 2. The lowest BCUT2D eigenvalue weighted by atomic mass is 10.1. The van der Waals surface area contributed by atoms with Crippen LogP contribution in [0.2, 0.25) is 0 Å². The average Bonchev–Trinajstić information content (AvgIpc) is 3.20. The molecule has 3 rings (SSSR count). The molecule has 0 saturated carbocycles. The fraction of sp³-hybridized carbons (Fsp3) is 0.316. The molecule has 2 aromatic heterocycles. The summed E-state index contributed by atoms with van der Waals surface area (Å²) in [6, 6.07) is 6.23. The number of nitrogens with one attached hydrogen (secondary N) is 1. The van der Waals surface area contributed by atoms with Crippen molar-refractivity contribution in [3.05, 3.63) is 56.7 Å². The number of anilines is 1. The maximum atomic E-state index is 12.8. The highest BCUT2D eigenvalue weighted by Crippen LogP contribution is 2.37. The van der Waals surface area contributed by atoms with Crippen LogP contribution in [0.15, 0.2) is 38.9 Å². The fourth-order valence-corrected chi connectivity index (χ4v) is 4.53. The van der Waals surface area contributed by atoms with E-state index in [0.717, 1.165) is 11.4 Å². The fourth-order valence-electron chi connectivity index (χ4n) is 2.65. The van der Waals surface area contributed by atoms with E-state index >= 15 is 0 Å². The second-order valence-electron chi connectivity index (χ2n) is 7.50. The lowest BCUT2D eigenvalue weighted by molar-refractivity contribution is -0.387. The lowest BCUT2D eigenvalue weighted by Gasteiger charge is -2.22. The van der Waals surface area contributed by atoms with Crippen LogP contribution in [0.25, 0.3) is 0 Å². The van der Waals surface area contributed by atoms with Crippen LogP contribution in [0.1, 0.15) is 42.5 Å². The van der Waals surface area contributed by atoms with Crippen LogP contribution in [0, 0.1) is 24.0 Å². The number of nitrogens with zero attached hydrogens (tertiary/aromatic N) is 4. The second kappa shape index (κ2) is 7.96. The van der Waals surface area contributed by atoms with E-state index < -0.39 is 10.8 Å². The summed E-state index contributed by atoms with van der Waals surface area (Å²) in [5, 5.41) is 20.7. The summed E-state index contributed by atoms with van der Waals surface area (Å²) in [4.78, 5) is 28.6. The van der Waals surface area contributed by atoms with E-state index in [-0.39, 0.29) is 16.8 Å². The number of nitro groups is 1. The standard InChI is InChI=1S/C19H21N5O3S2/c1-11-8-16(23(22-11)19(3,4)5)21-17(25)13-6-7-15(14(9-13)24(26)27)29-18-20-12(2)10-28-18/h6-10H,1-5H3,(H,21,25). The van der Waals surface area contributed by atoms with Crippen LogP contribution >= 0.6 is 23.1 Å². The van der Waals surface area contributed by atoms with Gasteiger partial charge in [0.15, 0.2) is 4.34 Å². The van der Waals surface area contributed by atoms with Crippen molar-refractivity contribution in [2.45, 2.75) is 49.4 Å². The Hall–Kier alpha value is -2.72. The van der Waals surface area contributed by atoms with Crippen molar-refractivity contribution in [2.24, 2.45) is 0 Å². The molecule has 0 saturated heterocycles. The number of hydrogen-bond donors (Lipinski definition) is 1. The van der Waals surface area contributed by atoms with Crippen LogP contribution in [-0.4, -0.2) is 25.6 Å². The van der Waals surface area contributed by atoms with E-state index in [1.54, 1.807) is 22.9 Å². The normalized spacial score (nSPS) is 11.5. The molecule has 2 heterocycles. The lowest BCUT2D eigenvalue weighted by Crippen LogP contribution is -2.26. The van der Waals surface area contributed by atoms with Gasteiger partial charge in [-0.3, -0.25) is 14.9 Å². The molecule has 0 fully saturated rings. The number of aromatic nitrogens is 3. The van der Waals surface area contributed by atoms with Crippen molar-refractivity contribution in [2.75, 3.05) is 5.32 Å². The number of carbonyl (C=O) groups excluding carboxylic acids is 1. The van der Waals surface area contributed by atoms with Crippen molar-refractivity contribution in [1.82, 2.24) is 14.8 Å². The summed E-state index contributed by atoms with van der Waals surface area (Å²) in [5.41, 5.74) is 1.38. The zero-order chi connectivity index (χ0) is 21.3. The molecule has 0 spiro atoms. The van der Waals surface area contributed by atoms with Crippen LogP contribution < -0.4 is 5.32 Å². The zero-order valence-electron chi connectivity index (χ0n) is 16.7. The largest absolute Gasteiger partial charge is 0.307 e. The topological polar surface area (TPSA) is 103 Å². The minimum absolute atomic E-state index is 0.129. The third-order valence-corrected chi connectivity index (χ3v) is 6.04. The maximum absolute atomic E-state index is 12.8. The molecule has 0 unspecified atom stereocenters. The van der Waals surface area contributed by atoms with Crippen molar-refractivity contribution >= 4 is 40.5 Å². The summed E-state index contributed by atoms with van der Waals surface area (Å²) < 4.78 is 2.44. The molecule has 0 bridgehead atoms. The monoisotopic (exact) mass is 431 g/mol. The quantitative estimate of drug-likeness (QED) is 0.449. The van der Waals surface area contributed by atoms with Gasteiger partial charge in [0.25, 0.3) is 11.6 Å². The Morgan fingerprint density at radius 3 is 2.55 bits per heavy atom. The van der Waals surface area contributed by atoms with Gasteiger partial charge in [0.05, 0.1) is 21.1 Å². The van der Waals surface area contributed by atoms with Crippen LogP contribution in [0.5, 0.6) is 0 Å². The molecule has 10 heteroatoms. The van der Waals surface area contributed by atoms with Gasteiger partial charge in [-0.05, 0) is 46.8 Å². The molecular formula is C19H21N5O3S2. The third kappa shape index (κ3) is 4.83. The Balaban J connectivity index is 1.88. The summed E-state index contributed by atoms with van der Waals surface area (Å²) in [6.07, 6.45) is 0. The first-order valence-corrected chi connectivity index (χ1v) is 10.5. The molecule has 1 N–H and O–H groups in total. The molecule has 1 amide bonds. The van der Waals surface area contributed by atoms with Gasteiger partial charge in [0, 0.05) is 28.8 Å². The van der Waals surface area contributed by atoms with Gasteiger partial charge >= 0.3 is 0 Å². The Kier molecular flexibility index (Phi) is 5.76. The molecule has 0 aliphatic carbocycles. The average molecular weight is 432 g/mol. The molecule has 152 valence electrons. The second-order valence-corrected chi connectivity index (χ2v) is 9.65. The minimum Gasteiger partial charge on any atom is -0.307 e. The Morgan fingerprint density at radius 2 is 1.97 bits per heavy atom. The van der Waals surface area contributed by atoms with Gasteiger partial charge in [0.1, 0.15) is 5.82 Å². The highest BCUT2D eigenvalue weighted by molar-refractivity contribution is 8.01. The number of amides is 1. The van der Waals surface area contributed by atoms with Crippen LogP contribution in [0.3, 0.4) is 0 Å². The van der Waals surface area contributed by atoms with Crippen LogP contribution in [-0.2, 0) is 5.54 Å². The molecule has 8 nitrogen and oxygen atoms in total. The molecule has 29 heavy (non-hydrogen) atoms. The number of nitro benzene ring substituents is 1. The molecular weight excluding hydrogens is 410 g/mol. The highest BCUT2D eigenvalue weighted by atomic mass is 32.2. The predicted molar refractivity (Wildman–Crippen MR) is 114 cm³/mol. The third-order valence-electron chi connectivity index (χ3n) is 3.92. The molecule has 0 aliphatic rings. The highest BCUT2D eigenvalue weighted by Gasteiger charge is 2.23. The first-order chi connectivity index (χ1) is 13.5. The summed E-state index contributed by atoms with van der Waals surface area (Å²) >= 11 is 2.64. The van der Waals surface area contributed by atoms with E-state index in [4.69, 9.17) is 0 Å². The Labute approximate surface area is 176 Å². The van der Waals surface area contributed by atoms with Crippen molar-refractivity contribution in [3.8, 4) is 0 Å². The summed E-state index contributed by atoms with van der Waals surface area (Å²) in [7, 11) is 0. The summed E-state index contributed by atoms with van der Waals surface area (Å²) in [6.45, 7) is 9.65. The number of thiazole rings is 1. The first-order valence-electron chi connectivity index (χ1n) is 8.81. The van der Waals surface area contributed by atoms with Gasteiger partial charge in [-0.2, -0.15) is 5.10 Å². The van der Waals surface area contributed by atoms with Crippen molar-refractivity contribution in [3.63, 3.8) is 0 Å². The molecule has 3 aromatic rings. The van der Waals surface area contributed by atoms with Crippen molar-refractivity contribution < 1.29 is 9.72 Å². The van der Waals surface area contributed by atoms with Gasteiger partial charge < -0.3 is 5.32 Å². The maximum Gasteiger partial charge on any atom is 0.284 e. The SMILES string of the molecule is Cc1csc(Sc2ccc(C(=O)Nc3cc(C)nn3C(C)(C)C)cc2[N+](=O)[O-])n1. The Morgan fingerprint density at radius 1 is 1.24 bits per heavy atom. The van der Waals surface area contributed by atoms with Gasteiger partial charge in [-0.15, -0.1) is 11.3 Å². The van der Waals surface area contributed by atoms with E-state index in [2.05, 4.69) is 15.4 Å². The molecule has 0 radical (unpaired) electrons. The number of benzene rings is 1. The molecule has 0 atom stereocenters. The summed E-state index contributed by atoms with van der Waals surface area (Å²) in [5.74, 6) is 0.111. The molecule has 0 aliphatic heterocycles. The number of carbonyl (C=O) groups is 1. The van der Waals surface area contributed by atoms with Gasteiger partial charge in [0.2, 0.25) is 0 Å². The number of hydrogen-bond acceptors (Lipinski definition) is 7. The van der Waals surface area contributed by atoms with Gasteiger partial charge in [-0.25, -0.2) is 9.67 Å². The zero-order valence-corrected chi connectivity index (χ0v) is 18.3. The van der Waals surface area contributed by atoms with E-state index in [9.17, 15) is 14.9 Å². The first kappa shape index (κ1) is 21.0. The number of rotatable bonds is 5. The van der Waals surface area contributed by atoms with Crippen LogP contribution in [0.4, 0.5) is 11.5 Å². The van der Waals surface area contributed by atoms with Crippen molar-refractivity contribution in [1.29, 1.82) is 0 Å². The van der Waals surface area contributed by atoms with E-state index in [1.165, 1.54) is 29.2 Å². The van der Waals surface area contributed by atoms with Gasteiger partial charge in [-0.1, -0.05) is 11.8 Å². The minimum atomic E-state index is -0.483. The predicted octanol–water partition coefficient (Wildman–Crippen LogP) is 5.02. The smallest absolute Gasteiger partial charge is 0.284 e. The van der Waals surface area contributed by atoms with E-state index in [1.807, 2.05) is 40.0 Å². The van der Waals surface area contributed by atoms with E-state index in [0.29, 0.717) is 15.1 Å².